The lowest BCUT2D eigenvalue weighted by Crippen LogP contribution is -2.15. The molecule has 3 rings (SSSR count). The standard InChI is InChI=1S/C24H16ClF3N2O4S/c1-15-2-9-20(10-3-15)35(32,33)34-19-7-4-16(5-8-19)12-17(14-29)23(31)30-22-13-18(24(26,27)28)6-11-21(22)25/h2-13H,1H3,(H,30,31)/b17-12+. The van der Waals surface area contributed by atoms with Crippen LogP contribution in [0.15, 0.2) is 77.2 Å². The number of nitrogens with one attached hydrogen (secondary N) is 1. The van der Waals surface area contributed by atoms with Gasteiger partial charge in [-0.05, 0) is 61.0 Å². The monoisotopic (exact) mass is 520 g/mol. The predicted octanol–water partition coefficient (Wildman–Crippen LogP) is 5.98. The molecule has 0 aliphatic carbocycles. The van der Waals surface area contributed by atoms with E-state index in [9.17, 15) is 31.6 Å². The summed E-state index contributed by atoms with van der Waals surface area (Å²) in [4.78, 5) is 12.4. The SMILES string of the molecule is Cc1ccc(S(=O)(=O)Oc2ccc(/C=C(\C#N)C(=O)Nc3cc(C(F)(F)F)ccc3Cl)cc2)cc1. The van der Waals surface area contributed by atoms with E-state index in [1.54, 1.807) is 18.2 Å². The molecule has 3 aromatic carbocycles. The molecule has 0 saturated carbocycles. The highest BCUT2D eigenvalue weighted by atomic mass is 35.5. The maximum Gasteiger partial charge on any atom is 0.416 e. The van der Waals surface area contributed by atoms with Gasteiger partial charge in [0.2, 0.25) is 0 Å². The first kappa shape index (κ1) is 25.8. The minimum absolute atomic E-state index is 0.00133. The number of hydrogen-bond donors (Lipinski definition) is 1. The van der Waals surface area contributed by atoms with E-state index in [0.29, 0.717) is 11.6 Å². The van der Waals surface area contributed by atoms with Crippen LogP contribution in [0.2, 0.25) is 5.02 Å². The van der Waals surface area contributed by atoms with Gasteiger partial charge < -0.3 is 9.50 Å². The number of benzene rings is 3. The van der Waals surface area contributed by atoms with E-state index in [1.165, 1.54) is 42.5 Å². The number of alkyl halides is 3. The van der Waals surface area contributed by atoms with Crippen molar-refractivity contribution in [1.82, 2.24) is 0 Å². The number of hydrogen-bond acceptors (Lipinski definition) is 5. The van der Waals surface area contributed by atoms with Crippen LogP contribution < -0.4 is 9.50 Å². The molecule has 1 N–H and O–H groups in total. The van der Waals surface area contributed by atoms with Crippen molar-refractivity contribution >= 4 is 39.4 Å². The molecule has 3 aromatic rings. The number of aryl methyl sites for hydroxylation is 1. The Morgan fingerprint density at radius 3 is 2.26 bits per heavy atom. The molecule has 0 fully saturated rings. The molecule has 35 heavy (non-hydrogen) atoms. The zero-order valence-corrected chi connectivity index (χ0v) is 19.5. The third-order valence-electron chi connectivity index (χ3n) is 4.61. The Balaban J connectivity index is 1.77. The highest BCUT2D eigenvalue weighted by Gasteiger charge is 2.31. The van der Waals surface area contributed by atoms with E-state index in [-0.39, 0.29) is 21.4 Å². The van der Waals surface area contributed by atoms with E-state index >= 15 is 0 Å². The number of halogens is 4. The molecule has 0 radical (unpaired) electrons. The average molecular weight is 521 g/mol. The van der Waals surface area contributed by atoms with Crippen LogP contribution in [0.3, 0.4) is 0 Å². The lowest BCUT2D eigenvalue weighted by atomic mass is 10.1. The molecule has 0 heterocycles. The molecule has 0 aromatic heterocycles. The molecule has 0 atom stereocenters. The summed E-state index contributed by atoms with van der Waals surface area (Å²) in [7, 11) is -4.06. The summed E-state index contributed by atoms with van der Waals surface area (Å²) in [5.41, 5.74) is -0.521. The number of nitriles is 1. The highest BCUT2D eigenvalue weighted by Crippen LogP contribution is 2.34. The van der Waals surface area contributed by atoms with Crippen LogP contribution in [0.4, 0.5) is 18.9 Å². The van der Waals surface area contributed by atoms with Crippen molar-refractivity contribution in [3.05, 3.63) is 94.0 Å². The molecule has 1 amide bonds. The summed E-state index contributed by atoms with van der Waals surface area (Å²) < 4.78 is 68.7. The maximum absolute atomic E-state index is 12.9. The van der Waals surface area contributed by atoms with Gasteiger partial charge in [-0.3, -0.25) is 4.79 Å². The first-order valence-corrected chi connectivity index (χ1v) is 11.6. The average Bonchev–Trinajstić information content (AvgIpc) is 2.79. The van der Waals surface area contributed by atoms with Gasteiger partial charge in [0.05, 0.1) is 16.3 Å². The number of anilines is 1. The van der Waals surface area contributed by atoms with Crippen LogP contribution in [-0.4, -0.2) is 14.3 Å². The summed E-state index contributed by atoms with van der Waals surface area (Å²) in [6.07, 6.45) is -3.47. The number of carbonyl (C=O) groups is 1. The molecule has 0 unspecified atom stereocenters. The largest absolute Gasteiger partial charge is 0.416 e. The minimum atomic E-state index is -4.64. The van der Waals surface area contributed by atoms with Crippen LogP contribution in [0.5, 0.6) is 5.75 Å². The second kappa shape index (κ2) is 10.2. The Bertz CT molecular complexity index is 1430. The second-order valence-corrected chi connectivity index (χ2v) is 9.19. The molecule has 6 nitrogen and oxygen atoms in total. The van der Waals surface area contributed by atoms with Crippen molar-refractivity contribution in [3.63, 3.8) is 0 Å². The van der Waals surface area contributed by atoms with Crippen LogP contribution in [0.1, 0.15) is 16.7 Å². The fraction of sp³-hybridized carbons (Fsp3) is 0.0833. The normalized spacial score (nSPS) is 12.1. The van der Waals surface area contributed by atoms with Crippen LogP contribution in [-0.2, 0) is 21.1 Å². The number of amides is 1. The van der Waals surface area contributed by atoms with E-state index in [2.05, 4.69) is 5.32 Å². The van der Waals surface area contributed by atoms with Crippen LogP contribution >= 0.6 is 11.6 Å². The van der Waals surface area contributed by atoms with Crippen molar-refractivity contribution in [2.24, 2.45) is 0 Å². The maximum atomic E-state index is 12.9. The molecule has 0 saturated heterocycles. The smallest absolute Gasteiger partial charge is 0.379 e. The second-order valence-electron chi connectivity index (χ2n) is 7.24. The topological polar surface area (TPSA) is 96.3 Å². The lowest BCUT2D eigenvalue weighted by Gasteiger charge is -2.11. The van der Waals surface area contributed by atoms with Crippen LogP contribution in [0.25, 0.3) is 6.08 Å². The Morgan fingerprint density at radius 1 is 1.06 bits per heavy atom. The van der Waals surface area contributed by atoms with Gasteiger partial charge in [0.1, 0.15) is 22.3 Å². The Morgan fingerprint density at radius 2 is 1.69 bits per heavy atom. The molecular weight excluding hydrogens is 505 g/mol. The number of nitrogens with zero attached hydrogens (tertiary/aromatic N) is 1. The van der Waals surface area contributed by atoms with E-state index in [0.717, 1.165) is 17.7 Å². The molecule has 0 spiro atoms. The highest BCUT2D eigenvalue weighted by molar-refractivity contribution is 7.87. The van der Waals surface area contributed by atoms with Gasteiger partial charge in [-0.2, -0.15) is 26.9 Å². The van der Waals surface area contributed by atoms with Gasteiger partial charge in [0.25, 0.3) is 5.91 Å². The van der Waals surface area contributed by atoms with Gasteiger partial charge in [-0.15, -0.1) is 0 Å². The number of carbonyl (C=O) groups excluding carboxylic acids is 1. The van der Waals surface area contributed by atoms with Gasteiger partial charge in [0.15, 0.2) is 0 Å². The van der Waals surface area contributed by atoms with Gasteiger partial charge in [-0.25, -0.2) is 0 Å². The van der Waals surface area contributed by atoms with Crippen molar-refractivity contribution in [3.8, 4) is 11.8 Å². The third kappa shape index (κ3) is 6.62. The fourth-order valence-corrected chi connectivity index (χ4v) is 3.90. The lowest BCUT2D eigenvalue weighted by molar-refractivity contribution is -0.137. The van der Waals surface area contributed by atoms with Crippen molar-refractivity contribution in [1.29, 1.82) is 5.26 Å². The fourth-order valence-electron chi connectivity index (χ4n) is 2.80. The molecule has 11 heteroatoms. The Hall–Kier alpha value is -3.81. The predicted molar refractivity (Wildman–Crippen MR) is 124 cm³/mol. The summed E-state index contributed by atoms with van der Waals surface area (Å²) >= 11 is 5.87. The Labute approximate surface area is 204 Å². The summed E-state index contributed by atoms with van der Waals surface area (Å²) in [6, 6.07) is 15.6. The third-order valence-corrected chi connectivity index (χ3v) is 6.20. The van der Waals surface area contributed by atoms with E-state index in [1.807, 2.05) is 6.92 Å². The molecule has 180 valence electrons. The van der Waals surface area contributed by atoms with Gasteiger partial charge in [-0.1, -0.05) is 41.4 Å². The summed E-state index contributed by atoms with van der Waals surface area (Å²) in [6.45, 7) is 1.81. The van der Waals surface area contributed by atoms with Crippen molar-refractivity contribution in [2.45, 2.75) is 18.0 Å². The zero-order valence-electron chi connectivity index (χ0n) is 17.9. The molecule has 0 aliphatic rings. The van der Waals surface area contributed by atoms with Gasteiger partial charge >= 0.3 is 16.3 Å². The molecule has 0 bridgehead atoms. The summed E-state index contributed by atoms with van der Waals surface area (Å²) in [5, 5.41) is 11.4. The first-order valence-electron chi connectivity index (χ1n) is 9.80. The first-order chi connectivity index (χ1) is 16.4. The van der Waals surface area contributed by atoms with Crippen molar-refractivity contribution < 1.29 is 30.6 Å². The quantitative estimate of drug-likeness (QED) is 0.245. The van der Waals surface area contributed by atoms with Crippen LogP contribution in [0, 0.1) is 18.3 Å². The van der Waals surface area contributed by atoms with E-state index < -0.39 is 33.3 Å². The van der Waals surface area contributed by atoms with Gasteiger partial charge in [0, 0.05) is 0 Å². The van der Waals surface area contributed by atoms with Crippen molar-refractivity contribution in [2.75, 3.05) is 5.32 Å². The molecule has 0 aliphatic heterocycles. The minimum Gasteiger partial charge on any atom is -0.379 e. The zero-order chi connectivity index (χ0) is 25.8. The Kier molecular flexibility index (Phi) is 7.53. The summed E-state index contributed by atoms with van der Waals surface area (Å²) in [5.74, 6) is -0.975. The molecular formula is C24H16ClF3N2O4S. The van der Waals surface area contributed by atoms with E-state index in [4.69, 9.17) is 15.8 Å². The number of rotatable bonds is 6.